The first-order valence-corrected chi connectivity index (χ1v) is 19.2. The van der Waals surface area contributed by atoms with Gasteiger partial charge in [0.1, 0.15) is 47.7 Å². The molecule has 2 radical (unpaired) electrons. The number of hydrogen-bond acceptors (Lipinski definition) is 9. The second kappa shape index (κ2) is 15.7. The summed E-state index contributed by atoms with van der Waals surface area (Å²) in [7, 11) is 8.54. The van der Waals surface area contributed by atoms with E-state index in [4.69, 9.17) is 50.2 Å². The molecule has 3 aromatic carbocycles. The number of β-lactam (4-membered cyclic amide) rings is 1. The Morgan fingerprint density at radius 3 is 2.13 bits per heavy atom. The van der Waals surface area contributed by atoms with Gasteiger partial charge in [-0.05, 0) is 47.5 Å². The maximum Gasteiger partial charge on any atom is 0.378 e. The number of benzene rings is 3. The number of amides is 2. The number of nitrogens with zero attached hydrogens (tertiary/aromatic N) is 3. The van der Waals surface area contributed by atoms with Gasteiger partial charge in [-0.15, -0.1) is 23.4 Å². The van der Waals surface area contributed by atoms with Crippen LogP contribution in [-0.2, 0) is 27.5 Å². The van der Waals surface area contributed by atoms with Gasteiger partial charge >= 0.3 is 14.0 Å². The molecule has 0 saturated carbocycles. The summed E-state index contributed by atoms with van der Waals surface area (Å²) in [6.07, 6.45) is 1.55. The lowest BCUT2D eigenvalue weighted by molar-refractivity contribution is -0.924. The second-order valence-electron chi connectivity index (χ2n) is 13.6. The van der Waals surface area contributed by atoms with Crippen LogP contribution in [-0.4, -0.2) is 110 Å². The number of carbonyl (C=O) groups is 3. The predicted molar refractivity (Wildman–Crippen MR) is 201 cm³/mol. The summed E-state index contributed by atoms with van der Waals surface area (Å²) in [5.74, 6) is 1.46. The van der Waals surface area contributed by atoms with Crippen molar-refractivity contribution in [1.29, 1.82) is 0 Å². The summed E-state index contributed by atoms with van der Waals surface area (Å²) >= 11 is 14.9. The van der Waals surface area contributed by atoms with E-state index in [0.717, 1.165) is 54.1 Å². The van der Waals surface area contributed by atoms with Crippen molar-refractivity contribution in [3.63, 3.8) is 0 Å². The number of fused-ring (bicyclic) bond motifs is 5. The molecule has 2 atom stereocenters. The lowest BCUT2D eigenvalue weighted by Gasteiger charge is -2.49. The third kappa shape index (κ3) is 7.41. The van der Waals surface area contributed by atoms with Crippen LogP contribution in [0, 0.1) is 0 Å². The van der Waals surface area contributed by atoms with Gasteiger partial charge in [-0.25, -0.2) is 4.79 Å². The SMILES string of the molecule is [B]OC(=O)C1=C(C[N+]23CCC(CC2)N(C(=O)c2ccc(OCc4ccc(OC)cc4)c(OCc4ccc(OC)cc4)c2Cl)CC3)CS[C@@H]2C(Cl)C(=O)N12. The minimum absolute atomic E-state index is 0.0171. The summed E-state index contributed by atoms with van der Waals surface area (Å²) < 4.78 is 28.4. The Balaban J connectivity index is 1.11. The lowest BCUT2D eigenvalue weighted by atomic mass is 10.00. The number of thioether (sulfide) groups is 1. The van der Waals surface area contributed by atoms with Crippen LogP contribution in [0.5, 0.6) is 23.0 Å². The summed E-state index contributed by atoms with van der Waals surface area (Å²) in [4.78, 5) is 43.3. The normalized spacial score (nSPS) is 23.5. The average molecular weight is 780 g/mol. The fourth-order valence-corrected chi connectivity index (χ4v) is 9.56. The molecule has 4 saturated heterocycles. The Morgan fingerprint density at radius 1 is 0.906 bits per heavy atom. The molecule has 5 heterocycles. The maximum atomic E-state index is 14.4. The number of alkyl halides is 1. The molecule has 0 spiro atoms. The third-order valence-electron chi connectivity index (χ3n) is 10.6. The second-order valence-corrected chi connectivity index (χ2v) is 15.6. The molecule has 2 amide bonds. The monoisotopic (exact) mass is 778 g/mol. The van der Waals surface area contributed by atoms with Crippen molar-refractivity contribution >= 4 is 60.8 Å². The van der Waals surface area contributed by atoms with Gasteiger partial charge in [0.25, 0.3) is 5.91 Å². The molecule has 5 aliphatic rings. The van der Waals surface area contributed by atoms with Crippen molar-refractivity contribution in [2.24, 2.45) is 0 Å². The molecule has 4 fully saturated rings. The Morgan fingerprint density at radius 2 is 1.53 bits per heavy atom. The number of piperidine rings is 1. The minimum Gasteiger partial charge on any atom is -0.539 e. The van der Waals surface area contributed by atoms with E-state index in [1.807, 2.05) is 53.4 Å². The molecule has 0 aromatic heterocycles. The highest BCUT2D eigenvalue weighted by atomic mass is 35.5. The highest BCUT2D eigenvalue weighted by Gasteiger charge is 2.54. The molecule has 1 unspecified atom stereocenters. The Labute approximate surface area is 324 Å². The van der Waals surface area contributed by atoms with E-state index in [1.165, 1.54) is 16.7 Å². The third-order valence-corrected chi connectivity index (χ3v) is 12.9. The first kappa shape index (κ1) is 37.3. The van der Waals surface area contributed by atoms with Gasteiger partial charge in [0.05, 0.1) is 51.0 Å². The van der Waals surface area contributed by atoms with Gasteiger partial charge in [-0.2, -0.15) is 0 Å². The molecule has 2 bridgehead atoms. The van der Waals surface area contributed by atoms with E-state index in [1.54, 1.807) is 26.4 Å². The van der Waals surface area contributed by atoms with Gasteiger partial charge in [-0.3, -0.25) is 14.5 Å². The molecule has 15 heteroatoms. The number of carbonyl (C=O) groups excluding carboxylic acids is 3. The number of rotatable bonds is 12. The molecular weight excluding hydrogens is 740 g/mol. The largest absolute Gasteiger partial charge is 0.539 e. The minimum atomic E-state index is -0.738. The number of halogens is 2. The fourth-order valence-electron chi connectivity index (χ4n) is 7.58. The predicted octanol–water partition coefficient (Wildman–Crippen LogP) is 5.35. The first-order chi connectivity index (χ1) is 25.6. The van der Waals surface area contributed by atoms with Crippen molar-refractivity contribution in [1.82, 2.24) is 9.80 Å². The van der Waals surface area contributed by atoms with Gasteiger partial charge in [0, 0.05) is 30.2 Å². The fraction of sp³-hybridized carbons (Fsp3) is 0.395. The molecule has 8 rings (SSSR count). The Bertz CT molecular complexity index is 1910. The van der Waals surface area contributed by atoms with E-state index in [0.29, 0.717) is 41.2 Å². The van der Waals surface area contributed by atoms with Crippen molar-refractivity contribution in [3.05, 3.63) is 93.6 Å². The first-order valence-electron chi connectivity index (χ1n) is 17.4. The van der Waals surface area contributed by atoms with E-state index in [2.05, 4.69) is 4.65 Å². The van der Waals surface area contributed by atoms with Crippen LogP contribution in [0.4, 0.5) is 0 Å². The van der Waals surface area contributed by atoms with Gasteiger partial charge < -0.3 is 33.0 Å². The number of quaternary nitrogens is 1. The number of methoxy groups -OCH3 is 2. The molecule has 3 aromatic rings. The van der Waals surface area contributed by atoms with Crippen LogP contribution in [0.2, 0.25) is 5.02 Å². The molecule has 276 valence electrons. The van der Waals surface area contributed by atoms with Gasteiger partial charge in [0.15, 0.2) is 11.5 Å². The van der Waals surface area contributed by atoms with Crippen LogP contribution >= 0.6 is 35.0 Å². The van der Waals surface area contributed by atoms with E-state index < -0.39 is 11.3 Å². The van der Waals surface area contributed by atoms with E-state index in [-0.39, 0.29) is 52.9 Å². The van der Waals surface area contributed by atoms with Crippen molar-refractivity contribution in [2.75, 3.05) is 52.7 Å². The van der Waals surface area contributed by atoms with Crippen LogP contribution in [0.1, 0.15) is 34.3 Å². The zero-order chi connectivity index (χ0) is 37.3. The van der Waals surface area contributed by atoms with Crippen molar-refractivity contribution in [2.45, 2.75) is 42.8 Å². The summed E-state index contributed by atoms with van der Waals surface area (Å²) in [5.41, 5.74) is 3.15. The van der Waals surface area contributed by atoms with Crippen LogP contribution in [0.15, 0.2) is 71.9 Å². The lowest BCUT2D eigenvalue weighted by Crippen LogP contribution is -2.63. The molecule has 0 N–H and O–H groups in total. The zero-order valence-corrected chi connectivity index (χ0v) is 31.8. The van der Waals surface area contributed by atoms with Crippen molar-refractivity contribution < 1.29 is 42.5 Å². The van der Waals surface area contributed by atoms with E-state index in [9.17, 15) is 14.4 Å². The van der Waals surface area contributed by atoms with Crippen molar-refractivity contribution in [3.8, 4) is 23.0 Å². The highest BCUT2D eigenvalue weighted by molar-refractivity contribution is 8.00. The summed E-state index contributed by atoms with van der Waals surface area (Å²) in [6, 6.07) is 18.5. The van der Waals surface area contributed by atoms with Crippen LogP contribution < -0.4 is 18.9 Å². The quantitative estimate of drug-likeness (QED) is 0.104. The topological polar surface area (TPSA) is 104 Å². The maximum absolute atomic E-state index is 14.4. The summed E-state index contributed by atoms with van der Waals surface area (Å²) in [6.45, 7) is 3.76. The number of ether oxygens (including phenoxy) is 4. The van der Waals surface area contributed by atoms with Gasteiger partial charge in [0.2, 0.25) is 5.91 Å². The molecule has 53 heavy (non-hydrogen) atoms. The summed E-state index contributed by atoms with van der Waals surface area (Å²) in [5, 5.41) is -0.824. The Hall–Kier alpha value is -4.04. The van der Waals surface area contributed by atoms with Crippen LogP contribution in [0.25, 0.3) is 0 Å². The molecule has 5 aliphatic heterocycles. The smallest absolute Gasteiger partial charge is 0.378 e. The zero-order valence-electron chi connectivity index (χ0n) is 29.4. The standard InChI is InChI=1S/C38H39BCl2N3O8S/c1-48-27-7-3-23(4-8-27)20-50-30-12-11-29(31(40)34(30)51-21-24-5-9-28(49-2)10-6-24)35(45)42-15-18-44(16-13-26(42)14-17-44)19-25-22-53-37-32(41)36(46)43(37)33(25)38(47)52-39/h3-12,26,32,37H,13-22H2,1-2H3/q+1/t26?,32?,37-,44?/m1/s1. The highest BCUT2D eigenvalue weighted by Crippen LogP contribution is 2.44. The van der Waals surface area contributed by atoms with Gasteiger partial charge in [-0.1, -0.05) is 35.9 Å². The molecule has 11 nitrogen and oxygen atoms in total. The number of hydrogen-bond donors (Lipinski definition) is 0. The average Bonchev–Trinajstić information content (AvgIpc) is 3.49. The molecular formula is C38H39BCl2N3O8S+. The van der Waals surface area contributed by atoms with Crippen LogP contribution in [0.3, 0.4) is 0 Å². The molecule has 0 aliphatic carbocycles. The Kier molecular flexibility index (Phi) is 11.1. The van der Waals surface area contributed by atoms with E-state index >= 15 is 0 Å².